The van der Waals surface area contributed by atoms with Gasteiger partial charge in [0, 0.05) is 16.1 Å². The van der Waals surface area contributed by atoms with Crippen LogP contribution < -0.4 is 15.2 Å². The lowest BCUT2D eigenvalue weighted by Crippen LogP contribution is -2.26. The highest BCUT2D eigenvalue weighted by Gasteiger charge is 2.25. The van der Waals surface area contributed by atoms with Gasteiger partial charge in [0.25, 0.3) is 0 Å². The first kappa shape index (κ1) is 15.1. The van der Waals surface area contributed by atoms with Crippen LogP contribution in [0.15, 0.2) is 16.6 Å². The van der Waals surface area contributed by atoms with Gasteiger partial charge in [0.2, 0.25) is 0 Å². The summed E-state index contributed by atoms with van der Waals surface area (Å²) in [5, 5.41) is 8.91. The molecule has 2 rings (SSSR count). The van der Waals surface area contributed by atoms with Gasteiger partial charge >= 0.3 is 5.97 Å². The Labute approximate surface area is 126 Å². The zero-order valence-electron chi connectivity index (χ0n) is 11.3. The molecule has 0 aromatic heterocycles. The van der Waals surface area contributed by atoms with Crippen LogP contribution >= 0.6 is 15.9 Å². The molecule has 0 bridgehead atoms. The number of carboxylic acids is 1. The zero-order valence-corrected chi connectivity index (χ0v) is 12.9. The Balaban J connectivity index is 2.34. The maximum Gasteiger partial charge on any atom is 0.305 e. The van der Waals surface area contributed by atoms with Crippen LogP contribution in [0.1, 0.15) is 37.3 Å². The van der Waals surface area contributed by atoms with Gasteiger partial charge in [0.05, 0.1) is 19.6 Å². The van der Waals surface area contributed by atoms with Crippen LogP contribution in [0.2, 0.25) is 0 Å². The molecular formula is C14H18BrNO4. The number of rotatable bonds is 6. The number of methoxy groups -OCH3 is 1. The first-order valence-electron chi connectivity index (χ1n) is 6.52. The summed E-state index contributed by atoms with van der Waals surface area (Å²) in [6.45, 7) is 0. The summed E-state index contributed by atoms with van der Waals surface area (Å²) in [5.41, 5.74) is 6.65. The van der Waals surface area contributed by atoms with Crippen molar-refractivity contribution < 1.29 is 19.4 Å². The molecule has 1 aliphatic rings. The Bertz CT molecular complexity index is 502. The number of halogens is 1. The fourth-order valence-electron chi connectivity index (χ4n) is 2.10. The average molecular weight is 344 g/mol. The number of hydrogen-bond donors (Lipinski definition) is 2. The van der Waals surface area contributed by atoms with E-state index < -0.39 is 12.0 Å². The van der Waals surface area contributed by atoms with Gasteiger partial charge in [-0.15, -0.1) is 0 Å². The highest BCUT2D eigenvalue weighted by Crippen LogP contribution is 2.40. The average Bonchev–Trinajstić information content (AvgIpc) is 2.33. The van der Waals surface area contributed by atoms with Gasteiger partial charge in [-0.05, 0) is 31.4 Å². The molecule has 6 heteroatoms. The van der Waals surface area contributed by atoms with Gasteiger partial charge in [0.1, 0.15) is 0 Å². The summed E-state index contributed by atoms with van der Waals surface area (Å²) in [6.07, 6.45) is 3.18. The maximum atomic E-state index is 10.9. The van der Waals surface area contributed by atoms with Crippen molar-refractivity contribution >= 4 is 21.9 Å². The minimum absolute atomic E-state index is 0.152. The molecule has 110 valence electrons. The normalized spacial score (nSPS) is 16.4. The van der Waals surface area contributed by atoms with Crippen molar-refractivity contribution in [3.8, 4) is 11.5 Å². The van der Waals surface area contributed by atoms with Crippen LogP contribution in [0.25, 0.3) is 0 Å². The number of nitrogens with two attached hydrogens (primary N) is 1. The number of carbonyl (C=O) groups is 1. The van der Waals surface area contributed by atoms with Crippen LogP contribution in [0, 0.1) is 0 Å². The summed E-state index contributed by atoms with van der Waals surface area (Å²) in [7, 11) is 1.56. The molecule has 3 N–H and O–H groups in total. The molecule has 1 aromatic carbocycles. The highest BCUT2D eigenvalue weighted by molar-refractivity contribution is 9.10. The SMILES string of the molecule is COc1cc(Br)cc(C(N)CC(=O)O)c1OC1CCC1. The molecule has 0 heterocycles. The van der Waals surface area contributed by atoms with Crippen LogP contribution in [-0.2, 0) is 4.79 Å². The van der Waals surface area contributed by atoms with Crippen LogP contribution in [0.5, 0.6) is 11.5 Å². The van der Waals surface area contributed by atoms with Crippen molar-refractivity contribution in [2.75, 3.05) is 7.11 Å². The molecule has 0 aliphatic heterocycles. The second-order valence-corrected chi connectivity index (χ2v) is 5.82. The van der Waals surface area contributed by atoms with E-state index in [4.69, 9.17) is 20.3 Å². The van der Waals surface area contributed by atoms with Gasteiger partial charge < -0.3 is 20.3 Å². The Kier molecular flexibility index (Phi) is 4.88. The fourth-order valence-corrected chi connectivity index (χ4v) is 2.55. The van der Waals surface area contributed by atoms with Crippen molar-refractivity contribution in [2.24, 2.45) is 5.73 Å². The molecule has 0 saturated heterocycles. The van der Waals surface area contributed by atoms with Gasteiger partial charge in [-0.3, -0.25) is 4.79 Å². The van der Waals surface area contributed by atoms with E-state index in [0.717, 1.165) is 23.7 Å². The van der Waals surface area contributed by atoms with E-state index in [1.54, 1.807) is 19.2 Å². The lowest BCUT2D eigenvalue weighted by Gasteiger charge is -2.29. The van der Waals surface area contributed by atoms with Crippen LogP contribution in [0.4, 0.5) is 0 Å². The number of aliphatic carboxylic acids is 1. The molecule has 0 amide bonds. The number of benzene rings is 1. The van der Waals surface area contributed by atoms with Gasteiger partial charge in [-0.1, -0.05) is 15.9 Å². The standard InChI is InChI=1S/C14H18BrNO4/c1-19-12-6-8(15)5-10(11(16)7-13(17)18)14(12)20-9-3-2-4-9/h5-6,9,11H,2-4,7,16H2,1H3,(H,17,18). The van der Waals surface area contributed by atoms with E-state index in [0.29, 0.717) is 17.1 Å². The molecule has 1 aromatic rings. The summed E-state index contributed by atoms with van der Waals surface area (Å²) in [5.74, 6) is 0.197. The Morgan fingerprint density at radius 3 is 2.75 bits per heavy atom. The van der Waals surface area contributed by atoms with Crippen LogP contribution in [0.3, 0.4) is 0 Å². The largest absolute Gasteiger partial charge is 0.493 e. The number of carboxylic acid groups (broad SMARTS) is 1. The lowest BCUT2D eigenvalue weighted by atomic mass is 9.95. The minimum atomic E-state index is -0.939. The van der Waals surface area contributed by atoms with E-state index in [1.165, 1.54) is 0 Å². The monoisotopic (exact) mass is 343 g/mol. The van der Waals surface area contributed by atoms with Crippen molar-refractivity contribution in [2.45, 2.75) is 37.8 Å². The Hall–Kier alpha value is -1.27. The van der Waals surface area contributed by atoms with Gasteiger partial charge in [-0.25, -0.2) is 0 Å². The van der Waals surface area contributed by atoms with E-state index >= 15 is 0 Å². The summed E-state index contributed by atoms with van der Waals surface area (Å²) in [6, 6.07) is 2.96. The highest BCUT2D eigenvalue weighted by atomic mass is 79.9. The van der Waals surface area contributed by atoms with E-state index in [9.17, 15) is 4.79 Å². The summed E-state index contributed by atoms with van der Waals surface area (Å²) in [4.78, 5) is 10.9. The predicted molar refractivity (Wildman–Crippen MR) is 78.1 cm³/mol. The number of ether oxygens (including phenoxy) is 2. The molecule has 0 radical (unpaired) electrons. The first-order chi connectivity index (χ1) is 9.51. The van der Waals surface area contributed by atoms with E-state index in [1.807, 2.05) is 0 Å². The van der Waals surface area contributed by atoms with Crippen LogP contribution in [-0.4, -0.2) is 24.3 Å². The molecule has 1 aliphatic carbocycles. The smallest absolute Gasteiger partial charge is 0.305 e. The topological polar surface area (TPSA) is 81.8 Å². The summed E-state index contributed by atoms with van der Waals surface area (Å²) < 4.78 is 12.1. The third kappa shape index (κ3) is 3.43. The second kappa shape index (κ2) is 6.45. The van der Waals surface area contributed by atoms with E-state index in [2.05, 4.69) is 15.9 Å². The molecule has 1 unspecified atom stereocenters. The van der Waals surface area contributed by atoms with Gasteiger partial charge in [0.15, 0.2) is 11.5 Å². The van der Waals surface area contributed by atoms with Crippen molar-refractivity contribution in [1.82, 2.24) is 0 Å². The van der Waals surface area contributed by atoms with E-state index in [-0.39, 0.29) is 12.5 Å². The maximum absolute atomic E-state index is 10.9. The second-order valence-electron chi connectivity index (χ2n) is 4.90. The van der Waals surface area contributed by atoms with Crippen molar-refractivity contribution in [3.05, 3.63) is 22.2 Å². The summed E-state index contributed by atoms with van der Waals surface area (Å²) >= 11 is 3.38. The molecule has 1 atom stereocenters. The number of hydrogen-bond acceptors (Lipinski definition) is 4. The Morgan fingerprint density at radius 2 is 2.25 bits per heavy atom. The molecule has 1 saturated carbocycles. The third-order valence-electron chi connectivity index (χ3n) is 3.40. The fraction of sp³-hybridized carbons (Fsp3) is 0.500. The molecule has 5 nitrogen and oxygen atoms in total. The third-order valence-corrected chi connectivity index (χ3v) is 3.86. The zero-order chi connectivity index (χ0) is 14.7. The minimum Gasteiger partial charge on any atom is -0.493 e. The quantitative estimate of drug-likeness (QED) is 0.829. The predicted octanol–water partition coefficient (Wildman–Crippen LogP) is 2.86. The van der Waals surface area contributed by atoms with Crippen molar-refractivity contribution in [1.29, 1.82) is 0 Å². The van der Waals surface area contributed by atoms with Gasteiger partial charge in [-0.2, -0.15) is 0 Å². The lowest BCUT2D eigenvalue weighted by molar-refractivity contribution is -0.137. The molecular weight excluding hydrogens is 326 g/mol. The Morgan fingerprint density at radius 1 is 1.55 bits per heavy atom. The van der Waals surface area contributed by atoms with Crippen molar-refractivity contribution in [3.63, 3.8) is 0 Å². The molecule has 1 fully saturated rings. The molecule has 20 heavy (non-hydrogen) atoms. The molecule has 0 spiro atoms. The first-order valence-corrected chi connectivity index (χ1v) is 7.32.